The summed E-state index contributed by atoms with van der Waals surface area (Å²) in [7, 11) is 4.69. The highest BCUT2D eigenvalue weighted by molar-refractivity contribution is 5.86. The summed E-state index contributed by atoms with van der Waals surface area (Å²) in [6.07, 6.45) is 26.8. The number of hydrogen-bond donors (Lipinski definition) is 4. The molecule has 0 spiro atoms. The van der Waals surface area contributed by atoms with Crippen LogP contribution in [-0.2, 0) is 19.1 Å². The Bertz CT molecular complexity index is 2300. The molecular formula is C55H74FN9O6. The van der Waals surface area contributed by atoms with Crippen LogP contribution in [0.3, 0.4) is 0 Å². The van der Waals surface area contributed by atoms with E-state index < -0.39 is 18.2 Å². The summed E-state index contributed by atoms with van der Waals surface area (Å²) in [5.41, 5.74) is 9.87. The highest BCUT2D eigenvalue weighted by Crippen LogP contribution is 2.33. The molecular weight excluding hydrogens is 902 g/mol. The normalized spacial score (nSPS) is 15.9. The highest BCUT2D eigenvalue weighted by atomic mass is 19.1. The fraction of sp³-hybridized carbons (Fsp3) is 0.418. The van der Waals surface area contributed by atoms with Crippen LogP contribution in [0.15, 0.2) is 97.3 Å². The lowest BCUT2D eigenvalue weighted by atomic mass is 10.0. The lowest BCUT2D eigenvalue weighted by Gasteiger charge is -2.30. The van der Waals surface area contributed by atoms with Crippen LogP contribution in [0, 0.1) is 43.3 Å². The first-order chi connectivity index (χ1) is 34.3. The van der Waals surface area contributed by atoms with Gasteiger partial charge < -0.3 is 45.1 Å². The number of anilines is 1. The summed E-state index contributed by atoms with van der Waals surface area (Å²) >= 11 is 0. The largest absolute Gasteiger partial charge is 0.453 e. The van der Waals surface area contributed by atoms with Crippen molar-refractivity contribution in [2.45, 2.75) is 90.8 Å². The molecule has 3 aliphatic heterocycles. The average Bonchev–Trinajstić information content (AvgIpc) is 4.27. The lowest BCUT2D eigenvalue weighted by molar-refractivity contribution is -0.135. The van der Waals surface area contributed by atoms with E-state index in [-0.39, 0.29) is 23.7 Å². The summed E-state index contributed by atoms with van der Waals surface area (Å²) in [6.45, 7) is 11.9. The number of likely N-dealkylation sites (tertiary alicyclic amines) is 2. The summed E-state index contributed by atoms with van der Waals surface area (Å²) in [6, 6.07) is 26.8. The molecule has 3 aromatic carbocycles. The number of carbonyl (C=O) groups excluding carboxylic acids is 4. The molecule has 0 saturated carbocycles. The molecule has 8 rings (SSSR count). The van der Waals surface area contributed by atoms with Crippen molar-refractivity contribution in [1.29, 1.82) is 0 Å². The number of rotatable bonds is 10. The van der Waals surface area contributed by atoms with Gasteiger partial charge in [-0.1, -0.05) is 88.4 Å². The van der Waals surface area contributed by atoms with Gasteiger partial charge in [0, 0.05) is 31.7 Å². The molecule has 15 nitrogen and oxygen atoms in total. The SMILES string of the molecule is C#C.C#C.CC(C)CC=O.CN1CCC[C@H]1c1ncc(-c2ccccc2)[nH]1.COC(=O)N[C@H](C(=O)N1CCC[C@H]1c1ncc(-c2ccccc2)[nH]1)C(C)C.COC(N)=O.Fc1ccc(N2CCCC2)cc1. The second-order valence-electron chi connectivity index (χ2n) is 17.3. The second kappa shape index (κ2) is 33.2. The Morgan fingerprint density at radius 1 is 0.746 bits per heavy atom. The molecule has 0 radical (unpaired) electrons. The molecule has 2 aromatic heterocycles. The number of H-pyrrole nitrogens is 2. The van der Waals surface area contributed by atoms with E-state index in [9.17, 15) is 23.6 Å². The average molecular weight is 976 g/mol. The number of aromatic nitrogens is 4. The van der Waals surface area contributed by atoms with Crippen LogP contribution < -0.4 is 16.0 Å². The number of amides is 3. The van der Waals surface area contributed by atoms with E-state index >= 15 is 0 Å². The fourth-order valence-corrected chi connectivity index (χ4v) is 7.81. The minimum atomic E-state index is -0.745. The van der Waals surface area contributed by atoms with Crippen molar-refractivity contribution in [2.24, 2.45) is 17.6 Å². The van der Waals surface area contributed by atoms with E-state index in [0.29, 0.717) is 24.9 Å². The molecule has 16 heteroatoms. The number of imidazole rings is 2. The van der Waals surface area contributed by atoms with Crippen LogP contribution >= 0.6 is 0 Å². The van der Waals surface area contributed by atoms with Crippen molar-refractivity contribution in [3.8, 4) is 48.2 Å². The van der Waals surface area contributed by atoms with Crippen molar-refractivity contribution in [2.75, 3.05) is 52.3 Å². The molecule has 3 saturated heterocycles. The van der Waals surface area contributed by atoms with Gasteiger partial charge in [-0.05, 0) is 99.3 Å². The molecule has 3 aliphatic rings. The predicted octanol–water partition coefficient (Wildman–Crippen LogP) is 9.83. The van der Waals surface area contributed by atoms with Crippen LogP contribution in [0.5, 0.6) is 0 Å². The zero-order valence-electron chi connectivity index (χ0n) is 42.4. The van der Waals surface area contributed by atoms with Gasteiger partial charge in [0.1, 0.15) is 29.8 Å². The van der Waals surface area contributed by atoms with Crippen LogP contribution in [0.1, 0.15) is 96.4 Å². The molecule has 0 aliphatic carbocycles. The van der Waals surface area contributed by atoms with Gasteiger partial charge in [-0.2, -0.15) is 0 Å². The topological polar surface area (TPSA) is 192 Å². The third kappa shape index (κ3) is 20.2. The Morgan fingerprint density at radius 3 is 1.63 bits per heavy atom. The standard InChI is InChI=1S/C20H26N4O3.C14H17N3.C10H12FN.C5H10O.C2H5NO2.2C2H2/c1-13(2)17(23-20(26)27-3)19(25)24-11-7-10-16(24)18-21-12-15(22-18)14-8-5-4-6-9-14;1-17-9-5-8-13(17)14-15-10-12(16-14)11-6-3-2-4-7-11;11-9-3-5-10(6-4-9)12-7-1-2-8-12;1-5(2)3-4-6;1-5-2(3)4;2*1-2/h4-6,8-9,12-13,16-17H,7,10-11H2,1-3H3,(H,21,22)(H,23,26);2-4,6-7,10,13H,5,8-9H2,1H3,(H,15,16);3-6H,1-2,7-8H2;4-5H,3H2,1-2H3;1H3,(H2,3,4);2*1-2H/t16-,17-;13-;;;;;/m00...../s1. The number of alkyl carbamates (subject to hydrolysis) is 1. The number of carbonyl (C=O) groups is 4. The first-order valence-corrected chi connectivity index (χ1v) is 23.8. The van der Waals surface area contributed by atoms with Gasteiger partial charge in [0.05, 0.1) is 50.1 Å². The number of nitrogens with two attached hydrogens (primary N) is 1. The van der Waals surface area contributed by atoms with Crippen molar-refractivity contribution in [1.82, 2.24) is 35.1 Å². The van der Waals surface area contributed by atoms with Crippen LogP contribution in [0.25, 0.3) is 22.5 Å². The van der Waals surface area contributed by atoms with Crippen LogP contribution in [0.2, 0.25) is 0 Å². The summed E-state index contributed by atoms with van der Waals surface area (Å²) in [5.74, 6) is 2.11. The van der Waals surface area contributed by atoms with E-state index in [1.165, 1.54) is 64.1 Å². The van der Waals surface area contributed by atoms with Gasteiger partial charge in [0.2, 0.25) is 5.91 Å². The summed E-state index contributed by atoms with van der Waals surface area (Å²) < 4.78 is 21.1. The van der Waals surface area contributed by atoms with Crippen molar-refractivity contribution in [3.63, 3.8) is 0 Å². The molecule has 5 heterocycles. The number of ether oxygens (including phenoxy) is 2. The fourth-order valence-electron chi connectivity index (χ4n) is 7.81. The van der Waals surface area contributed by atoms with E-state index in [1.807, 2.05) is 87.3 Å². The molecule has 5 aromatic rings. The van der Waals surface area contributed by atoms with E-state index in [2.05, 4.69) is 107 Å². The monoisotopic (exact) mass is 976 g/mol. The Kier molecular flexibility index (Phi) is 27.9. The lowest BCUT2D eigenvalue weighted by Crippen LogP contribution is -2.51. The van der Waals surface area contributed by atoms with Crippen LogP contribution in [-0.4, -0.2) is 108 Å². The predicted molar refractivity (Wildman–Crippen MR) is 280 cm³/mol. The Hall–Kier alpha value is -7.43. The maximum absolute atomic E-state index is 13.1. The number of halogens is 1. The van der Waals surface area contributed by atoms with Gasteiger partial charge in [-0.25, -0.2) is 23.9 Å². The zero-order valence-corrected chi connectivity index (χ0v) is 42.4. The molecule has 3 atom stereocenters. The number of terminal acetylenes is 2. The minimum Gasteiger partial charge on any atom is -0.453 e. The Labute approximate surface area is 420 Å². The minimum absolute atomic E-state index is 0.0469. The number of methoxy groups -OCH3 is 2. The number of nitrogens with one attached hydrogen (secondary N) is 3. The van der Waals surface area contributed by atoms with Crippen molar-refractivity contribution < 1.29 is 33.0 Å². The third-order valence-corrected chi connectivity index (χ3v) is 11.5. The highest BCUT2D eigenvalue weighted by Gasteiger charge is 2.37. The van der Waals surface area contributed by atoms with Gasteiger partial charge in [-0.15, -0.1) is 25.7 Å². The molecule has 5 N–H and O–H groups in total. The van der Waals surface area contributed by atoms with Gasteiger partial charge in [0.25, 0.3) is 0 Å². The van der Waals surface area contributed by atoms with Crippen molar-refractivity contribution >= 4 is 30.1 Å². The third-order valence-electron chi connectivity index (χ3n) is 11.5. The molecule has 3 amide bonds. The Morgan fingerprint density at radius 2 is 1.23 bits per heavy atom. The number of benzene rings is 3. The first kappa shape index (κ1) is 59.7. The number of primary amides is 1. The van der Waals surface area contributed by atoms with Crippen LogP contribution in [0.4, 0.5) is 19.7 Å². The van der Waals surface area contributed by atoms with Crippen molar-refractivity contribution in [3.05, 3.63) is 115 Å². The molecule has 382 valence electrons. The van der Waals surface area contributed by atoms with Gasteiger partial charge in [0.15, 0.2) is 0 Å². The first-order valence-electron chi connectivity index (χ1n) is 23.8. The van der Waals surface area contributed by atoms with E-state index in [1.54, 1.807) is 6.20 Å². The maximum atomic E-state index is 13.1. The zero-order chi connectivity index (χ0) is 52.7. The second-order valence-corrected chi connectivity index (χ2v) is 17.3. The number of nitrogens with zero attached hydrogens (tertiary/aromatic N) is 5. The van der Waals surface area contributed by atoms with E-state index in [0.717, 1.165) is 66.5 Å². The van der Waals surface area contributed by atoms with Gasteiger partial charge >= 0.3 is 12.2 Å². The smallest absolute Gasteiger partial charge is 0.407 e. The number of aromatic amines is 2. The molecule has 0 unspecified atom stereocenters. The summed E-state index contributed by atoms with van der Waals surface area (Å²) in [4.78, 5) is 66.1. The van der Waals surface area contributed by atoms with E-state index in [4.69, 9.17) is 0 Å². The van der Waals surface area contributed by atoms with Gasteiger partial charge in [-0.3, -0.25) is 9.69 Å². The summed E-state index contributed by atoms with van der Waals surface area (Å²) in [5, 5.41) is 2.66. The number of hydrogen-bond acceptors (Lipinski definition) is 10. The maximum Gasteiger partial charge on any atom is 0.407 e. The molecule has 0 bridgehead atoms. The molecule has 71 heavy (non-hydrogen) atoms. The molecule has 3 fully saturated rings. The Balaban J connectivity index is 0.000000335. The quantitative estimate of drug-likeness (QED) is 0.0774. The number of aldehydes is 1.